The first-order chi connectivity index (χ1) is 7.52. The smallest absolute Gasteiger partial charge is 0.146 e. The molecule has 0 bridgehead atoms. The Labute approximate surface area is 96.8 Å². The van der Waals surface area contributed by atoms with Crippen molar-refractivity contribution in [2.75, 3.05) is 12.4 Å². The van der Waals surface area contributed by atoms with Crippen LogP contribution in [0.25, 0.3) is 0 Å². The molecule has 0 fully saturated rings. The molecule has 0 saturated heterocycles. The van der Waals surface area contributed by atoms with Gasteiger partial charge in [-0.2, -0.15) is 0 Å². The number of anilines is 1. The van der Waals surface area contributed by atoms with Gasteiger partial charge in [-0.1, -0.05) is 13.8 Å². The first kappa shape index (κ1) is 12.8. The summed E-state index contributed by atoms with van der Waals surface area (Å²) in [7, 11) is 1.58. The molecule has 2 nitrogen and oxygen atoms in total. The van der Waals surface area contributed by atoms with E-state index < -0.39 is 0 Å². The zero-order valence-corrected chi connectivity index (χ0v) is 10.4. The van der Waals surface area contributed by atoms with Crippen molar-refractivity contribution in [3.63, 3.8) is 0 Å². The minimum Gasteiger partial charge on any atom is -0.497 e. The van der Waals surface area contributed by atoms with E-state index in [2.05, 4.69) is 26.1 Å². The summed E-state index contributed by atoms with van der Waals surface area (Å²) >= 11 is 0. The van der Waals surface area contributed by atoms with Crippen molar-refractivity contribution < 1.29 is 9.13 Å². The Morgan fingerprint density at radius 3 is 2.56 bits per heavy atom. The highest BCUT2D eigenvalue weighted by Gasteiger charge is 2.09. The molecule has 1 unspecified atom stereocenters. The van der Waals surface area contributed by atoms with Gasteiger partial charge in [0.2, 0.25) is 0 Å². The average molecular weight is 225 g/mol. The third-order valence-corrected chi connectivity index (χ3v) is 2.40. The first-order valence-corrected chi connectivity index (χ1v) is 5.63. The van der Waals surface area contributed by atoms with Gasteiger partial charge in [-0.05, 0) is 31.4 Å². The molecule has 1 rings (SSSR count). The molecule has 16 heavy (non-hydrogen) atoms. The first-order valence-electron chi connectivity index (χ1n) is 5.63. The molecule has 1 aromatic rings. The van der Waals surface area contributed by atoms with Crippen LogP contribution in [0, 0.1) is 11.7 Å². The van der Waals surface area contributed by atoms with Crippen LogP contribution in [0.4, 0.5) is 10.1 Å². The van der Waals surface area contributed by atoms with E-state index in [1.165, 1.54) is 6.07 Å². The van der Waals surface area contributed by atoms with E-state index in [4.69, 9.17) is 4.74 Å². The zero-order valence-electron chi connectivity index (χ0n) is 10.4. The molecule has 0 radical (unpaired) electrons. The van der Waals surface area contributed by atoms with Crippen LogP contribution in [0.3, 0.4) is 0 Å². The highest BCUT2D eigenvalue weighted by molar-refractivity contribution is 5.50. The van der Waals surface area contributed by atoms with Gasteiger partial charge in [-0.15, -0.1) is 0 Å². The van der Waals surface area contributed by atoms with Crippen molar-refractivity contribution in [2.24, 2.45) is 5.92 Å². The summed E-state index contributed by atoms with van der Waals surface area (Å²) in [5.74, 6) is 1.02. The lowest BCUT2D eigenvalue weighted by Gasteiger charge is -2.18. The number of methoxy groups -OCH3 is 1. The molecule has 0 aromatic heterocycles. The van der Waals surface area contributed by atoms with Crippen molar-refractivity contribution >= 4 is 5.69 Å². The number of nitrogens with one attached hydrogen (secondary N) is 1. The normalized spacial score (nSPS) is 12.6. The predicted molar refractivity (Wildman–Crippen MR) is 65.5 cm³/mol. The lowest BCUT2D eigenvalue weighted by molar-refractivity contribution is 0.414. The largest absolute Gasteiger partial charge is 0.497 e. The van der Waals surface area contributed by atoms with Gasteiger partial charge in [0.05, 0.1) is 12.8 Å². The maximum absolute atomic E-state index is 13.5. The summed E-state index contributed by atoms with van der Waals surface area (Å²) in [4.78, 5) is 0. The van der Waals surface area contributed by atoms with Gasteiger partial charge in [0.15, 0.2) is 0 Å². The Balaban J connectivity index is 2.71. The zero-order chi connectivity index (χ0) is 12.1. The molecular weight excluding hydrogens is 205 g/mol. The molecule has 0 aliphatic carbocycles. The second-order valence-corrected chi connectivity index (χ2v) is 4.52. The Bertz CT molecular complexity index is 339. The second kappa shape index (κ2) is 5.73. The number of ether oxygens (including phenoxy) is 1. The van der Waals surface area contributed by atoms with Crippen LogP contribution in [-0.2, 0) is 0 Å². The molecule has 1 N–H and O–H groups in total. The fourth-order valence-corrected chi connectivity index (χ4v) is 1.77. The summed E-state index contributed by atoms with van der Waals surface area (Å²) in [5, 5.41) is 3.16. The van der Waals surface area contributed by atoms with Crippen LogP contribution in [0.2, 0.25) is 0 Å². The van der Waals surface area contributed by atoms with Crippen molar-refractivity contribution in [3.05, 3.63) is 24.0 Å². The molecule has 1 aromatic carbocycles. The highest BCUT2D eigenvalue weighted by Crippen LogP contribution is 2.22. The van der Waals surface area contributed by atoms with Gasteiger partial charge >= 0.3 is 0 Å². The lowest BCUT2D eigenvalue weighted by atomic mass is 10.1. The van der Waals surface area contributed by atoms with E-state index in [0.717, 1.165) is 6.42 Å². The van der Waals surface area contributed by atoms with Gasteiger partial charge in [0, 0.05) is 12.1 Å². The van der Waals surface area contributed by atoms with E-state index in [-0.39, 0.29) is 11.9 Å². The van der Waals surface area contributed by atoms with Crippen molar-refractivity contribution in [1.82, 2.24) is 0 Å². The van der Waals surface area contributed by atoms with Crippen molar-refractivity contribution in [2.45, 2.75) is 33.2 Å². The summed E-state index contributed by atoms with van der Waals surface area (Å²) < 4.78 is 18.6. The Hall–Kier alpha value is -1.25. The average Bonchev–Trinajstić information content (AvgIpc) is 2.20. The number of hydrogen-bond donors (Lipinski definition) is 1. The van der Waals surface area contributed by atoms with Gasteiger partial charge < -0.3 is 10.1 Å². The molecular formula is C13H20FNO. The van der Waals surface area contributed by atoms with Gasteiger partial charge in [-0.3, -0.25) is 0 Å². The molecule has 0 aliphatic rings. The molecule has 90 valence electrons. The number of benzene rings is 1. The quantitative estimate of drug-likeness (QED) is 0.825. The van der Waals surface area contributed by atoms with Crippen LogP contribution in [0.5, 0.6) is 5.75 Å². The minimum atomic E-state index is -0.239. The van der Waals surface area contributed by atoms with E-state index >= 15 is 0 Å². The van der Waals surface area contributed by atoms with E-state index in [9.17, 15) is 4.39 Å². The van der Waals surface area contributed by atoms with Crippen LogP contribution in [0.15, 0.2) is 18.2 Å². The lowest BCUT2D eigenvalue weighted by Crippen LogP contribution is -2.18. The molecule has 0 aliphatic heterocycles. The second-order valence-electron chi connectivity index (χ2n) is 4.52. The summed E-state index contributed by atoms with van der Waals surface area (Å²) in [6, 6.07) is 4.98. The Morgan fingerprint density at radius 2 is 2.00 bits per heavy atom. The molecule has 0 amide bonds. The Morgan fingerprint density at radius 1 is 1.31 bits per heavy atom. The molecule has 1 atom stereocenters. The number of hydrogen-bond acceptors (Lipinski definition) is 2. The fraction of sp³-hybridized carbons (Fsp3) is 0.538. The van der Waals surface area contributed by atoms with Crippen molar-refractivity contribution in [3.8, 4) is 5.75 Å². The third-order valence-electron chi connectivity index (χ3n) is 2.40. The predicted octanol–water partition coefficient (Wildman–Crippen LogP) is 3.68. The topological polar surface area (TPSA) is 21.3 Å². The molecule has 0 spiro atoms. The maximum atomic E-state index is 13.5. The standard InChI is InChI=1S/C13H20FNO/c1-9(2)7-10(3)15-13-8-11(16-4)5-6-12(13)14/h5-6,8-10,15H,7H2,1-4H3. The highest BCUT2D eigenvalue weighted by atomic mass is 19.1. The summed E-state index contributed by atoms with van der Waals surface area (Å²) in [5.41, 5.74) is 0.507. The van der Waals surface area contributed by atoms with Crippen LogP contribution >= 0.6 is 0 Å². The van der Waals surface area contributed by atoms with Crippen molar-refractivity contribution in [1.29, 1.82) is 0 Å². The number of rotatable bonds is 5. The third kappa shape index (κ3) is 3.72. The van der Waals surface area contributed by atoms with E-state index in [1.54, 1.807) is 19.2 Å². The molecule has 0 saturated carbocycles. The number of halogens is 1. The summed E-state index contributed by atoms with van der Waals surface area (Å²) in [6.07, 6.45) is 1.01. The van der Waals surface area contributed by atoms with E-state index in [1.807, 2.05) is 0 Å². The fourth-order valence-electron chi connectivity index (χ4n) is 1.77. The van der Waals surface area contributed by atoms with Crippen LogP contribution in [-0.4, -0.2) is 13.2 Å². The van der Waals surface area contributed by atoms with Crippen LogP contribution < -0.4 is 10.1 Å². The monoisotopic (exact) mass is 225 g/mol. The van der Waals surface area contributed by atoms with Gasteiger partial charge in [0.1, 0.15) is 11.6 Å². The van der Waals surface area contributed by atoms with Crippen LogP contribution in [0.1, 0.15) is 27.2 Å². The minimum absolute atomic E-state index is 0.239. The van der Waals surface area contributed by atoms with Gasteiger partial charge in [0.25, 0.3) is 0 Å². The molecule has 3 heteroatoms. The maximum Gasteiger partial charge on any atom is 0.146 e. The van der Waals surface area contributed by atoms with Gasteiger partial charge in [-0.25, -0.2) is 4.39 Å². The van der Waals surface area contributed by atoms with E-state index in [0.29, 0.717) is 17.4 Å². The molecule has 0 heterocycles. The Kier molecular flexibility index (Phi) is 4.59. The SMILES string of the molecule is COc1ccc(F)c(NC(C)CC(C)C)c1. The summed E-state index contributed by atoms with van der Waals surface area (Å²) in [6.45, 7) is 6.36.